The number of rotatable bonds is 4. The molecule has 4 aromatic rings. The SMILES string of the molecule is Cc1cc(C(F)(F)F)n2nc(-c3nnc(-c4ccc(OC(F)F)cc4)o3)c(Cl)c2n1. The van der Waals surface area contributed by atoms with Gasteiger partial charge < -0.3 is 9.15 Å². The van der Waals surface area contributed by atoms with Gasteiger partial charge in [0.05, 0.1) is 0 Å². The minimum absolute atomic E-state index is 0.0260. The van der Waals surface area contributed by atoms with E-state index in [1.165, 1.54) is 31.2 Å². The molecule has 0 aliphatic rings. The zero-order chi connectivity index (χ0) is 21.6. The van der Waals surface area contributed by atoms with Gasteiger partial charge in [0, 0.05) is 11.3 Å². The molecule has 0 saturated heterocycles. The maximum atomic E-state index is 13.3. The van der Waals surface area contributed by atoms with Crippen LogP contribution >= 0.6 is 11.6 Å². The number of hydrogen-bond donors (Lipinski definition) is 0. The lowest BCUT2D eigenvalue weighted by molar-refractivity contribution is -0.142. The minimum Gasteiger partial charge on any atom is -0.435 e. The molecular weight excluding hydrogens is 437 g/mol. The zero-order valence-corrected chi connectivity index (χ0v) is 15.5. The monoisotopic (exact) mass is 445 g/mol. The van der Waals surface area contributed by atoms with Gasteiger partial charge in [0.15, 0.2) is 11.3 Å². The van der Waals surface area contributed by atoms with Gasteiger partial charge in [-0.3, -0.25) is 0 Å². The average molecular weight is 446 g/mol. The fourth-order valence-corrected chi connectivity index (χ4v) is 2.91. The number of fused-ring (bicyclic) bond motifs is 1. The van der Waals surface area contributed by atoms with Crippen molar-refractivity contribution in [1.82, 2.24) is 24.8 Å². The molecule has 0 atom stereocenters. The van der Waals surface area contributed by atoms with Crippen LogP contribution in [0.5, 0.6) is 5.75 Å². The van der Waals surface area contributed by atoms with Crippen LogP contribution in [0.3, 0.4) is 0 Å². The summed E-state index contributed by atoms with van der Waals surface area (Å²) in [4.78, 5) is 4.00. The van der Waals surface area contributed by atoms with Gasteiger partial charge in [0.1, 0.15) is 16.5 Å². The highest BCUT2D eigenvalue weighted by atomic mass is 35.5. The molecule has 0 aliphatic carbocycles. The van der Waals surface area contributed by atoms with Crippen molar-refractivity contribution in [3.63, 3.8) is 0 Å². The third-order valence-corrected chi connectivity index (χ3v) is 4.25. The van der Waals surface area contributed by atoms with Crippen molar-refractivity contribution in [3.8, 4) is 28.8 Å². The molecular formula is C17H9ClF5N5O2. The Morgan fingerprint density at radius 2 is 1.77 bits per heavy atom. The second kappa shape index (κ2) is 7.20. The molecule has 0 spiro atoms. The molecule has 0 N–H and O–H groups in total. The van der Waals surface area contributed by atoms with Crippen molar-refractivity contribution in [2.24, 2.45) is 0 Å². The summed E-state index contributed by atoms with van der Waals surface area (Å²) in [6, 6.07) is 6.17. The Hall–Kier alpha value is -3.28. The van der Waals surface area contributed by atoms with Gasteiger partial charge in [-0.1, -0.05) is 11.6 Å². The third kappa shape index (κ3) is 3.65. The number of aryl methyl sites for hydroxylation is 1. The molecule has 1 aromatic carbocycles. The molecule has 4 rings (SSSR count). The topological polar surface area (TPSA) is 78.3 Å². The highest BCUT2D eigenvalue weighted by molar-refractivity contribution is 6.35. The molecule has 0 bridgehead atoms. The molecule has 3 heterocycles. The van der Waals surface area contributed by atoms with E-state index in [1.807, 2.05) is 0 Å². The summed E-state index contributed by atoms with van der Waals surface area (Å²) in [6.45, 7) is -1.58. The van der Waals surface area contributed by atoms with Crippen LogP contribution in [0.4, 0.5) is 22.0 Å². The van der Waals surface area contributed by atoms with Crippen molar-refractivity contribution in [2.75, 3.05) is 0 Å². The molecule has 13 heteroatoms. The van der Waals surface area contributed by atoms with Crippen molar-refractivity contribution in [1.29, 1.82) is 0 Å². The van der Waals surface area contributed by atoms with Gasteiger partial charge in [-0.15, -0.1) is 10.2 Å². The number of aromatic nitrogens is 5. The standard InChI is InChI=1S/C17H9ClF5N5O2/c1-7-6-10(17(21,22)23)28-13(24-7)11(18)12(27-28)15-26-25-14(30-15)8-2-4-9(5-3-8)29-16(19)20/h2-6,16H,1H3. The first-order valence-electron chi connectivity index (χ1n) is 8.15. The van der Waals surface area contributed by atoms with E-state index < -0.39 is 18.5 Å². The molecule has 7 nitrogen and oxygen atoms in total. The van der Waals surface area contributed by atoms with Crippen molar-refractivity contribution in [2.45, 2.75) is 19.7 Å². The second-order valence-corrected chi connectivity index (χ2v) is 6.37. The molecule has 0 amide bonds. The number of nitrogens with zero attached hydrogens (tertiary/aromatic N) is 5. The molecule has 0 fully saturated rings. The van der Waals surface area contributed by atoms with E-state index in [1.54, 1.807) is 0 Å². The fourth-order valence-electron chi connectivity index (χ4n) is 2.67. The van der Waals surface area contributed by atoms with Crippen LogP contribution in [0.25, 0.3) is 28.7 Å². The Bertz CT molecular complexity index is 1220. The molecule has 0 unspecified atom stereocenters. The van der Waals surface area contributed by atoms with Crippen LogP contribution in [0, 0.1) is 6.92 Å². The summed E-state index contributed by atoms with van der Waals surface area (Å²) in [5, 5.41) is 11.2. The predicted molar refractivity (Wildman–Crippen MR) is 93.1 cm³/mol. The lowest BCUT2D eigenvalue weighted by Crippen LogP contribution is -2.13. The van der Waals surface area contributed by atoms with Crippen LogP contribution in [0.15, 0.2) is 34.7 Å². The van der Waals surface area contributed by atoms with Crippen molar-refractivity contribution in [3.05, 3.63) is 46.7 Å². The van der Waals surface area contributed by atoms with Gasteiger partial charge >= 0.3 is 12.8 Å². The second-order valence-electron chi connectivity index (χ2n) is 5.99. The Morgan fingerprint density at radius 3 is 2.40 bits per heavy atom. The van der Waals surface area contributed by atoms with Gasteiger partial charge in [-0.2, -0.15) is 27.1 Å². The van der Waals surface area contributed by atoms with Gasteiger partial charge in [-0.25, -0.2) is 9.50 Å². The maximum absolute atomic E-state index is 13.3. The van der Waals surface area contributed by atoms with Crippen LogP contribution in [0.1, 0.15) is 11.4 Å². The first-order chi connectivity index (χ1) is 14.1. The Morgan fingerprint density at radius 1 is 1.10 bits per heavy atom. The quantitative estimate of drug-likeness (QED) is 0.410. The van der Waals surface area contributed by atoms with Crippen molar-refractivity contribution < 1.29 is 31.1 Å². The van der Waals surface area contributed by atoms with E-state index in [2.05, 4.69) is 25.0 Å². The number of alkyl halides is 5. The first-order valence-corrected chi connectivity index (χ1v) is 8.53. The lowest BCUT2D eigenvalue weighted by atomic mass is 10.2. The molecule has 0 aliphatic heterocycles. The zero-order valence-electron chi connectivity index (χ0n) is 14.8. The third-order valence-electron chi connectivity index (χ3n) is 3.91. The lowest BCUT2D eigenvalue weighted by Gasteiger charge is -2.09. The van der Waals surface area contributed by atoms with E-state index in [-0.39, 0.29) is 39.6 Å². The summed E-state index contributed by atoms with van der Waals surface area (Å²) in [6.07, 6.45) is -4.69. The van der Waals surface area contributed by atoms with Gasteiger partial charge in [0.2, 0.25) is 5.89 Å². The van der Waals surface area contributed by atoms with Crippen LogP contribution in [-0.4, -0.2) is 31.4 Å². The average Bonchev–Trinajstić information content (AvgIpc) is 3.26. The van der Waals surface area contributed by atoms with Crippen molar-refractivity contribution >= 4 is 17.2 Å². The van der Waals surface area contributed by atoms with E-state index >= 15 is 0 Å². The predicted octanol–water partition coefficient (Wildman–Crippen LogP) is 5.03. The molecule has 0 radical (unpaired) electrons. The van der Waals surface area contributed by atoms with Gasteiger partial charge in [-0.05, 0) is 37.3 Å². The summed E-state index contributed by atoms with van der Waals surface area (Å²) in [7, 11) is 0. The normalized spacial score (nSPS) is 12.1. The number of ether oxygens (including phenoxy) is 1. The smallest absolute Gasteiger partial charge is 0.433 e. The molecule has 0 saturated carbocycles. The Labute approximate surface area is 169 Å². The molecule has 3 aromatic heterocycles. The van der Waals surface area contributed by atoms with E-state index in [4.69, 9.17) is 16.0 Å². The van der Waals surface area contributed by atoms with E-state index in [9.17, 15) is 22.0 Å². The van der Waals surface area contributed by atoms with E-state index in [0.717, 1.165) is 6.07 Å². The van der Waals surface area contributed by atoms with Gasteiger partial charge in [0.25, 0.3) is 5.89 Å². The highest BCUT2D eigenvalue weighted by Crippen LogP contribution is 2.35. The number of hydrogen-bond acceptors (Lipinski definition) is 6. The summed E-state index contributed by atoms with van der Waals surface area (Å²) in [5.74, 6) is -0.334. The fraction of sp³-hybridized carbons (Fsp3) is 0.176. The van der Waals surface area contributed by atoms with Crippen LogP contribution in [0.2, 0.25) is 5.02 Å². The van der Waals surface area contributed by atoms with Crippen LogP contribution in [-0.2, 0) is 6.18 Å². The molecule has 156 valence electrons. The maximum Gasteiger partial charge on any atom is 0.433 e. The number of halogens is 6. The largest absolute Gasteiger partial charge is 0.435 e. The summed E-state index contributed by atoms with van der Waals surface area (Å²) in [5.41, 5.74) is -1.00. The van der Waals surface area contributed by atoms with Crippen LogP contribution < -0.4 is 4.74 Å². The number of benzene rings is 1. The summed E-state index contributed by atoms with van der Waals surface area (Å²) >= 11 is 6.18. The Kier molecular flexibility index (Phi) is 4.80. The highest BCUT2D eigenvalue weighted by Gasteiger charge is 2.36. The minimum atomic E-state index is -4.69. The van der Waals surface area contributed by atoms with E-state index in [0.29, 0.717) is 10.1 Å². The first kappa shape index (κ1) is 20.0. The molecule has 30 heavy (non-hydrogen) atoms. The Balaban J connectivity index is 1.74. The summed E-state index contributed by atoms with van der Waals surface area (Å²) < 4.78 is 74.7.